The molecule has 80 valence electrons. The molecule has 0 aromatic rings. The second-order valence-electron chi connectivity index (χ2n) is 3.76. The molecule has 13 heavy (non-hydrogen) atoms. The normalized spacial score (nSPS) is 18.2. The average Bonchev–Trinajstić information content (AvgIpc) is 2.17. The van der Waals surface area contributed by atoms with E-state index in [1.165, 1.54) is 0 Å². The Kier molecular flexibility index (Phi) is 7.29. The molecule has 3 atom stereocenters. The van der Waals surface area contributed by atoms with Crippen LogP contribution >= 0.6 is 0 Å². The minimum absolute atomic E-state index is 0.0787. The van der Waals surface area contributed by atoms with Gasteiger partial charge >= 0.3 is 0 Å². The summed E-state index contributed by atoms with van der Waals surface area (Å²) < 4.78 is 0. The van der Waals surface area contributed by atoms with Crippen LogP contribution in [0.25, 0.3) is 0 Å². The van der Waals surface area contributed by atoms with Crippen LogP contribution in [0.1, 0.15) is 52.9 Å². The summed E-state index contributed by atoms with van der Waals surface area (Å²) in [5.41, 5.74) is 0. The first-order valence-corrected chi connectivity index (χ1v) is 5.53. The number of rotatable bonds is 7. The van der Waals surface area contributed by atoms with Crippen LogP contribution in [0.5, 0.6) is 0 Å². The predicted octanol–water partition coefficient (Wildman–Crippen LogP) is 2.33. The molecule has 0 radical (unpaired) electrons. The molecule has 0 heterocycles. The van der Waals surface area contributed by atoms with Gasteiger partial charge in [-0.2, -0.15) is 0 Å². The van der Waals surface area contributed by atoms with E-state index in [1.807, 2.05) is 13.8 Å². The van der Waals surface area contributed by atoms with E-state index >= 15 is 0 Å². The summed E-state index contributed by atoms with van der Waals surface area (Å²) in [5, 5.41) is 19.4. The van der Waals surface area contributed by atoms with Gasteiger partial charge in [0.2, 0.25) is 0 Å². The lowest BCUT2D eigenvalue weighted by Crippen LogP contribution is -2.31. The molecule has 2 nitrogen and oxygen atoms in total. The van der Waals surface area contributed by atoms with Crippen molar-refractivity contribution in [3.63, 3.8) is 0 Å². The molecule has 0 amide bonds. The van der Waals surface area contributed by atoms with Crippen molar-refractivity contribution in [1.82, 2.24) is 0 Å². The number of unbranched alkanes of at least 4 members (excludes halogenated alkanes) is 1. The maximum absolute atomic E-state index is 9.69. The van der Waals surface area contributed by atoms with Gasteiger partial charge in [0.05, 0.1) is 12.2 Å². The van der Waals surface area contributed by atoms with Crippen molar-refractivity contribution >= 4 is 0 Å². The Balaban J connectivity index is 4.01. The molecular formula is C11H24O2. The summed E-state index contributed by atoms with van der Waals surface area (Å²) in [4.78, 5) is 0. The summed E-state index contributed by atoms with van der Waals surface area (Å²) in [7, 11) is 0. The molecule has 0 saturated heterocycles. The maximum Gasteiger partial charge on any atom is 0.0590 e. The van der Waals surface area contributed by atoms with E-state index in [1.54, 1.807) is 0 Å². The molecule has 1 unspecified atom stereocenters. The van der Waals surface area contributed by atoms with Crippen LogP contribution < -0.4 is 0 Å². The van der Waals surface area contributed by atoms with Crippen molar-refractivity contribution in [2.24, 2.45) is 5.92 Å². The zero-order valence-corrected chi connectivity index (χ0v) is 9.16. The standard InChI is InChI=1S/C11H24O2/c1-4-7-8-9(10(12)5-2)11(13)6-3/h9-13H,4-8H2,1-3H3/t9?,10-,11+. The summed E-state index contributed by atoms with van der Waals surface area (Å²) in [6, 6.07) is 0. The topological polar surface area (TPSA) is 40.5 Å². The van der Waals surface area contributed by atoms with Crippen molar-refractivity contribution in [1.29, 1.82) is 0 Å². The summed E-state index contributed by atoms with van der Waals surface area (Å²) in [5.74, 6) is 0.0787. The minimum atomic E-state index is -0.332. The quantitative estimate of drug-likeness (QED) is 0.644. The maximum atomic E-state index is 9.69. The first-order chi connectivity index (χ1) is 6.17. The van der Waals surface area contributed by atoms with Gasteiger partial charge < -0.3 is 10.2 Å². The fourth-order valence-corrected chi connectivity index (χ4v) is 1.69. The van der Waals surface area contributed by atoms with Gasteiger partial charge in [0.1, 0.15) is 0 Å². The van der Waals surface area contributed by atoms with E-state index in [4.69, 9.17) is 0 Å². The van der Waals surface area contributed by atoms with Gasteiger partial charge in [0.15, 0.2) is 0 Å². The Labute approximate surface area is 82.0 Å². The summed E-state index contributed by atoms with van der Waals surface area (Å²) in [6.07, 6.45) is 3.99. The van der Waals surface area contributed by atoms with Crippen LogP contribution in [0.15, 0.2) is 0 Å². The van der Waals surface area contributed by atoms with Crippen LogP contribution in [-0.2, 0) is 0 Å². The fourth-order valence-electron chi connectivity index (χ4n) is 1.69. The molecule has 0 aliphatic rings. The minimum Gasteiger partial charge on any atom is -0.393 e. The van der Waals surface area contributed by atoms with E-state index < -0.39 is 0 Å². The SMILES string of the molecule is CCCCC([C@H](O)CC)[C@@H](O)CC. The molecular weight excluding hydrogens is 164 g/mol. The summed E-state index contributed by atoms with van der Waals surface area (Å²) >= 11 is 0. The predicted molar refractivity (Wildman–Crippen MR) is 55.6 cm³/mol. The van der Waals surface area contributed by atoms with Crippen molar-refractivity contribution in [3.05, 3.63) is 0 Å². The van der Waals surface area contributed by atoms with E-state index in [9.17, 15) is 10.2 Å². The second-order valence-corrected chi connectivity index (χ2v) is 3.76. The summed E-state index contributed by atoms with van der Waals surface area (Å²) in [6.45, 7) is 6.06. The molecule has 0 saturated carbocycles. The van der Waals surface area contributed by atoms with E-state index in [0.717, 1.165) is 32.1 Å². The van der Waals surface area contributed by atoms with Crippen molar-refractivity contribution in [2.45, 2.75) is 65.1 Å². The van der Waals surface area contributed by atoms with E-state index in [0.29, 0.717) is 0 Å². The Hall–Kier alpha value is -0.0800. The third-order valence-corrected chi connectivity index (χ3v) is 2.72. The van der Waals surface area contributed by atoms with Gasteiger partial charge in [-0.1, -0.05) is 33.6 Å². The molecule has 0 fully saturated rings. The highest BCUT2D eigenvalue weighted by molar-refractivity contribution is 4.74. The average molecular weight is 188 g/mol. The molecule has 2 heteroatoms. The Bertz CT molecular complexity index is 105. The number of aliphatic hydroxyl groups excluding tert-OH is 2. The zero-order chi connectivity index (χ0) is 10.3. The monoisotopic (exact) mass is 188 g/mol. The molecule has 0 bridgehead atoms. The molecule has 0 aliphatic carbocycles. The van der Waals surface area contributed by atoms with Gasteiger partial charge in [-0.3, -0.25) is 0 Å². The van der Waals surface area contributed by atoms with Crippen LogP contribution in [0.4, 0.5) is 0 Å². The Morgan fingerprint density at radius 2 is 1.38 bits per heavy atom. The third-order valence-electron chi connectivity index (χ3n) is 2.72. The van der Waals surface area contributed by atoms with Gasteiger partial charge in [0, 0.05) is 5.92 Å². The van der Waals surface area contributed by atoms with Gasteiger partial charge in [-0.25, -0.2) is 0 Å². The van der Waals surface area contributed by atoms with Crippen LogP contribution in [0.3, 0.4) is 0 Å². The van der Waals surface area contributed by atoms with Crippen LogP contribution in [0.2, 0.25) is 0 Å². The fraction of sp³-hybridized carbons (Fsp3) is 1.00. The van der Waals surface area contributed by atoms with E-state index in [-0.39, 0.29) is 18.1 Å². The van der Waals surface area contributed by atoms with E-state index in [2.05, 4.69) is 6.92 Å². The number of aliphatic hydroxyl groups is 2. The van der Waals surface area contributed by atoms with Crippen molar-refractivity contribution in [2.75, 3.05) is 0 Å². The van der Waals surface area contributed by atoms with Crippen LogP contribution in [0, 0.1) is 5.92 Å². The molecule has 0 rings (SSSR count). The lowest BCUT2D eigenvalue weighted by molar-refractivity contribution is 0.00368. The van der Waals surface area contributed by atoms with Crippen molar-refractivity contribution < 1.29 is 10.2 Å². The Morgan fingerprint density at radius 1 is 0.923 bits per heavy atom. The lowest BCUT2D eigenvalue weighted by Gasteiger charge is -2.26. The number of hydrogen-bond acceptors (Lipinski definition) is 2. The third kappa shape index (κ3) is 4.63. The largest absolute Gasteiger partial charge is 0.393 e. The molecule has 0 aromatic heterocycles. The Morgan fingerprint density at radius 3 is 1.69 bits per heavy atom. The highest BCUT2D eigenvalue weighted by Crippen LogP contribution is 2.21. The van der Waals surface area contributed by atoms with Gasteiger partial charge in [0.25, 0.3) is 0 Å². The highest BCUT2D eigenvalue weighted by atomic mass is 16.3. The van der Waals surface area contributed by atoms with Gasteiger partial charge in [-0.15, -0.1) is 0 Å². The zero-order valence-electron chi connectivity index (χ0n) is 9.16. The smallest absolute Gasteiger partial charge is 0.0590 e. The molecule has 0 aromatic carbocycles. The highest BCUT2D eigenvalue weighted by Gasteiger charge is 2.23. The lowest BCUT2D eigenvalue weighted by atomic mass is 9.88. The first kappa shape index (κ1) is 12.9. The second kappa shape index (κ2) is 7.34. The molecule has 0 aliphatic heterocycles. The molecule has 0 spiro atoms. The first-order valence-electron chi connectivity index (χ1n) is 5.53. The number of hydrogen-bond donors (Lipinski definition) is 2. The van der Waals surface area contributed by atoms with Crippen molar-refractivity contribution in [3.8, 4) is 0 Å². The van der Waals surface area contributed by atoms with Gasteiger partial charge in [-0.05, 0) is 19.3 Å². The van der Waals surface area contributed by atoms with Crippen LogP contribution in [-0.4, -0.2) is 22.4 Å². The molecule has 2 N–H and O–H groups in total.